The van der Waals surface area contributed by atoms with Gasteiger partial charge in [0.2, 0.25) is 0 Å². The Morgan fingerprint density at radius 1 is 1.15 bits per heavy atom. The fourth-order valence-corrected chi connectivity index (χ4v) is 3.14. The molecule has 0 saturated heterocycles. The van der Waals surface area contributed by atoms with Crippen LogP contribution in [0.25, 0.3) is 0 Å². The lowest BCUT2D eigenvalue weighted by atomic mass is 9.91. The summed E-state index contributed by atoms with van der Waals surface area (Å²) in [5.74, 6) is 0. The fourth-order valence-electron chi connectivity index (χ4n) is 3.14. The van der Waals surface area contributed by atoms with Crippen molar-refractivity contribution < 1.29 is 5.11 Å². The van der Waals surface area contributed by atoms with Crippen LogP contribution in [0, 0.1) is 13.8 Å². The summed E-state index contributed by atoms with van der Waals surface area (Å²) in [5, 5.41) is 13.6. The van der Waals surface area contributed by atoms with Gasteiger partial charge in [0.05, 0.1) is 12.1 Å². The fraction of sp³-hybridized carbons (Fsp3) is 0.333. The minimum atomic E-state index is -0.340. The second-order valence-corrected chi connectivity index (χ2v) is 5.84. The van der Waals surface area contributed by atoms with Gasteiger partial charge in [-0.05, 0) is 49.4 Å². The molecule has 2 N–H and O–H groups in total. The van der Waals surface area contributed by atoms with Gasteiger partial charge < -0.3 is 10.4 Å². The van der Waals surface area contributed by atoms with Crippen LogP contribution in [-0.4, -0.2) is 11.7 Å². The molecule has 0 heterocycles. The Morgan fingerprint density at radius 3 is 2.70 bits per heavy atom. The summed E-state index contributed by atoms with van der Waals surface area (Å²) in [7, 11) is 0. The molecule has 2 nitrogen and oxygen atoms in total. The highest BCUT2D eigenvalue weighted by atomic mass is 16.3. The number of aliphatic hydroxyl groups excluding tert-OH is 1. The molecule has 0 saturated carbocycles. The van der Waals surface area contributed by atoms with Gasteiger partial charge in [0.25, 0.3) is 0 Å². The quantitative estimate of drug-likeness (QED) is 0.891. The Labute approximate surface area is 120 Å². The summed E-state index contributed by atoms with van der Waals surface area (Å²) < 4.78 is 0. The van der Waals surface area contributed by atoms with Crippen molar-refractivity contribution in [2.24, 2.45) is 0 Å². The molecule has 0 aromatic heterocycles. The van der Waals surface area contributed by atoms with Crippen molar-refractivity contribution in [3.8, 4) is 0 Å². The highest BCUT2D eigenvalue weighted by Gasteiger charge is 2.38. The SMILES string of the molecule is Cc1ccc2c(c1)C(CO)(Nc1ccccc1C)CC2. The number of hydrogen-bond acceptors (Lipinski definition) is 2. The number of fused-ring (bicyclic) bond motifs is 1. The van der Waals surface area contributed by atoms with Crippen molar-refractivity contribution in [2.75, 3.05) is 11.9 Å². The van der Waals surface area contributed by atoms with Gasteiger partial charge in [-0.3, -0.25) is 0 Å². The molecule has 2 heteroatoms. The molecular formula is C18H21NO. The maximum atomic E-state index is 10.0. The minimum absolute atomic E-state index is 0.123. The summed E-state index contributed by atoms with van der Waals surface area (Å²) in [6.45, 7) is 4.33. The van der Waals surface area contributed by atoms with Gasteiger partial charge in [-0.15, -0.1) is 0 Å². The number of rotatable bonds is 3. The Bertz CT molecular complexity index is 635. The van der Waals surface area contributed by atoms with Crippen LogP contribution < -0.4 is 5.32 Å². The van der Waals surface area contributed by atoms with E-state index in [1.54, 1.807) is 0 Å². The maximum Gasteiger partial charge on any atom is 0.0862 e. The first-order valence-corrected chi connectivity index (χ1v) is 7.19. The van der Waals surface area contributed by atoms with Crippen molar-refractivity contribution in [2.45, 2.75) is 32.2 Å². The van der Waals surface area contributed by atoms with Crippen LogP contribution in [0.4, 0.5) is 5.69 Å². The highest BCUT2D eigenvalue weighted by molar-refractivity contribution is 5.56. The van der Waals surface area contributed by atoms with Gasteiger partial charge in [-0.2, -0.15) is 0 Å². The Hall–Kier alpha value is -1.80. The lowest BCUT2D eigenvalue weighted by Crippen LogP contribution is -2.37. The molecule has 0 bridgehead atoms. The molecule has 2 aromatic rings. The molecule has 2 aromatic carbocycles. The standard InChI is InChI=1S/C18H21NO/c1-13-7-8-15-9-10-18(12-20,16(15)11-13)19-17-6-4-3-5-14(17)2/h3-8,11,19-20H,9-10,12H2,1-2H3. The summed E-state index contributed by atoms with van der Waals surface area (Å²) in [5.41, 5.74) is 5.83. The second-order valence-electron chi connectivity index (χ2n) is 5.84. The molecule has 3 rings (SSSR count). The van der Waals surface area contributed by atoms with E-state index in [4.69, 9.17) is 0 Å². The van der Waals surface area contributed by atoms with Gasteiger partial charge >= 0.3 is 0 Å². The van der Waals surface area contributed by atoms with Crippen molar-refractivity contribution in [3.63, 3.8) is 0 Å². The van der Waals surface area contributed by atoms with Crippen molar-refractivity contribution in [1.29, 1.82) is 0 Å². The summed E-state index contributed by atoms with van der Waals surface area (Å²) >= 11 is 0. The number of anilines is 1. The predicted molar refractivity (Wildman–Crippen MR) is 83.1 cm³/mol. The first-order chi connectivity index (χ1) is 9.64. The molecule has 0 amide bonds. The molecular weight excluding hydrogens is 246 g/mol. The molecule has 1 aliphatic carbocycles. The number of aliphatic hydroxyl groups is 1. The molecule has 0 aliphatic heterocycles. The summed E-state index contributed by atoms with van der Waals surface area (Å²) in [4.78, 5) is 0. The summed E-state index contributed by atoms with van der Waals surface area (Å²) in [6, 6.07) is 14.8. The molecule has 1 unspecified atom stereocenters. The van der Waals surface area contributed by atoms with E-state index >= 15 is 0 Å². The van der Waals surface area contributed by atoms with E-state index < -0.39 is 0 Å². The molecule has 0 fully saturated rings. The molecule has 20 heavy (non-hydrogen) atoms. The lowest BCUT2D eigenvalue weighted by molar-refractivity contribution is 0.211. The van der Waals surface area contributed by atoms with E-state index in [0.717, 1.165) is 18.5 Å². The topological polar surface area (TPSA) is 32.3 Å². The normalized spacial score (nSPS) is 20.8. The number of benzene rings is 2. The smallest absolute Gasteiger partial charge is 0.0862 e. The number of para-hydroxylation sites is 1. The molecule has 104 valence electrons. The average Bonchev–Trinajstić information content (AvgIpc) is 2.80. The zero-order chi connectivity index (χ0) is 14.2. The van der Waals surface area contributed by atoms with Gasteiger partial charge in [0.1, 0.15) is 0 Å². The molecule has 0 radical (unpaired) electrons. The largest absolute Gasteiger partial charge is 0.394 e. The first-order valence-electron chi connectivity index (χ1n) is 7.19. The zero-order valence-corrected chi connectivity index (χ0v) is 12.1. The Kier molecular flexibility index (Phi) is 3.27. The van der Waals surface area contributed by atoms with Crippen LogP contribution in [-0.2, 0) is 12.0 Å². The molecule has 1 aliphatic rings. The Balaban J connectivity index is 2.03. The van der Waals surface area contributed by atoms with Crippen LogP contribution >= 0.6 is 0 Å². The molecule has 0 spiro atoms. The van der Waals surface area contributed by atoms with Gasteiger partial charge in [-0.1, -0.05) is 42.0 Å². The maximum absolute atomic E-state index is 10.0. The van der Waals surface area contributed by atoms with E-state index in [9.17, 15) is 5.11 Å². The van der Waals surface area contributed by atoms with Crippen molar-refractivity contribution in [1.82, 2.24) is 0 Å². The minimum Gasteiger partial charge on any atom is -0.394 e. The number of aryl methyl sites for hydroxylation is 3. The van der Waals surface area contributed by atoms with Crippen molar-refractivity contribution >= 4 is 5.69 Å². The third-order valence-corrected chi connectivity index (χ3v) is 4.39. The van der Waals surface area contributed by atoms with Crippen molar-refractivity contribution in [3.05, 3.63) is 64.7 Å². The monoisotopic (exact) mass is 267 g/mol. The van der Waals surface area contributed by atoms with Crippen LogP contribution in [0.5, 0.6) is 0 Å². The van der Waals surface area contributed by atoms with Crippen LogP contribution in [0.15, 0.2) is 42.5 Å². The first kappa shape index (κ1) is 13.2. The van der Waals surface area contributed by atoms with Crippen LogP contribution in [0.1, 0.15) is 28.7 Å². The van der Waals surface area contributed by atoms with E-state index in [1.807, 2.05) is 12.1 Å². The van der Waals surface area contributed by atoms with Gasteiger partial charge in [0.15, 0.2) is 0 Å². The highest BCUT2D eigenvalue weighted by Crippen LogP contribution is 2.40. The zero-order valence-electron chi connectivity index (χ0n) is 12.1. The van der Waals surface area contributed by atoms with E-state index in [-0.39, 0.29) is 12.1 Å². The lowest BCUT2D eigenvalue weighted by Gasteiger charge is -2.32. The predicted octanol–water partition coefficient (Wildman–Crippen LogP) is 3.55. The van der Waals surface area contributed by atoms with Gasteiger partial charge in [-0.25, -0.2) is 0 Å². The van der Waals surface area contributed by atoms with E-state index in [2.05, 4.69) is 49.5 Å². The molecule has 1 atom stereocenters. The van der Waals surface area contributed by atoms with E-state index in [0.29, 0.717) is 0 Å². The van der Waals surface area contributed by atoms with Gasteiger partial charge in [0, 0.05) is 5.69 Å². The second kappa shape index (κ2) is 4.95. The average molecular weight is 267 g/mol. The Morgan fingerprint density at radius 2 is 1.95 bits per heavy atom. The number of nitrogens with one attached hydrogen (secondary N) is 1. The summed E-state index contributed by atoms with van der Waals surface area (Å²) in [6.07, 6.45) is 1.96. The van der Waals surface area contributed by atoms with Crippen LogP contribution in [0.3, 0.4) is 0 Å². The van der Waals surface area contributed by atoms with Crippen LogP contribution in [0.2, 0.25) is 0 Å². The third-order valence-electron chi connectivity index (χ3n) is 4.39. The third kappa shape index (κ3) is 2.10. The van der Waals surface area contributed by atoms with E-state index in [1.165, 1.54) is 22.3 Å². The number of hydrogen-bond donors (Lipinski definition) is 2.